The third kappa shape index (κ3) is 4.21. The topological polar surface area (TPSA) is 41.1 Å². The molecule has 2 N–H and O–H groups in total. The lowest BCUT2D eigenvalue weighted by atomic mass is 9.75. The molecule has 0 aromatic heterocycles. The van der Waals surface area contributed by atoms with Crippen molar-refractivity contribution in [2.45, 2.75) is 51.1 Å². The predicted octanol–water partition coefficient (Wildman–Crippen LogP) is 3.34. The van der Waals surface area contributed by atoms with Gasteiger partial charge in [-0.15, -0.1) is 0 Å². The number of amides is 1. The van der Waals surface area contributed by atoms with Gasteiger partial charge in [0.1, 0.15) is 0 Å². The Bertz CT molecular complexity index is 483. The fraction of sp³-hybridized carbons (Fsp3) is 0.588. The van der Waals surface area contributed by atoms with Crippen LogP contribution in [-0.2, 0) is 4.79 Å². The summed E-state index contributed by atoms with van der Waals surface area (Å²) in [6.07, 6.45) is 2.97. The molecule has 116 valence electrons. The Hall–Kier alpha value is -1.06. The van der Waals surface area contributed by atoms with Gasteiger partial charge in [-0.3, -0.25) is 4.79 Å². The zero-order valence-electron chi connectivity index (χ0n) is 13.0. The lowest BCUT2D eigenvalue weighted by Crippen LogP contribution is -2.51. The van der Waals surface area contributed by atoms with Crippen molar-refractivity contribution in [3.05, 3.63) is 34.9 Å². The number of benzene rings is 1. The van der Waals surface area contributed by atoms with Crippen molar-refractivity contribution < 1.29 is 4.79 Å². The van der Waals surface area contributed by atoms with E-state index < -0.39 is 0 Å². The molecule has 0 bridgehead atoms. The van der Waals surface area contributed by atoms with E-state index in [1.165, 1.54) is 5.56 Å². The number of rotatable bonds is 6. The van der Waals surface area contributed by atoms with E-state index >= 15 is 0 Å². The third-order valence-electron chi connectivity index (χ3n) is 4.19. The Labute approximate surface area is 132 Å². The molecule has 1 aliphatic carbocycles. The van der Waals surface area contributed by atoms with E-state index in [-0.39, 0.29) is 11.9 Å². The van der Waals surface area contributed by atoms with E-state index in [4.69, 9.17) is 11.6 Å². The number of nitrogens with one attached hydrogen (secondary N) is 2. The van der Waals surface area contributed by atoms with Gasteiger partial charge < -0.3 is 10.6 Å². The highest BCUT2D eigenvalue weighted by atomic mass is 35.5. The van der Waals surface area contributed by atoms with Crippen molar-refractivity contribution in [2.24, 2.45) is 5.92 Å². The summed E-state index contributed by atoms with van der Waals surface area (Å²) in [4.78, 5) is 11.9. The lowest BCUT2D eigenvalue weighted by Gasteiger charge is -2.39. The fourth-order valence-corrected chi connectivity index (χ4v) is 3.29. The van der Waals surface area contributed by atoms with Gasteiger partial charge in [0.05, 0.1) is 6.04 Å². The van der Waals surface area contributed by atoms with Crippen molar-refractivity contribution in [1.29, 1.82) is 0 Å². The summed E-state index contributed by atoms with van der Waals surface area (Å²) in [5.74, 6) is 1.10. The minimum absolute atomic E-state index is 0.0879. The van der Waals surface area contributed by atoms with Crippen molar-refractivity contribution in [2.75, 3.05) is 7.05 Å². The monoisotopic (exact) mass is 308 g/mol. The predicted molar refractivity (Wildman–Crippen MR) is 87.7 cm³/mol. The summed E-state index contributed by atoms with van der Waals surface area (Å²) >= 11 is 6.24. The first kappa shape index (κ1) is 16.3. The minimum Gasteiger partial charge on any atom is -0.358 e. The van der Waals surface area contributed by atoms with Gasteiger partial charge in [-0.05, 0) is 42.7 Å². The van der Waals surface area contributed by atoms with Crippen LogP contribution in [0.1, 0.15) is 44.6 Å². The molecule has 4 heteroatoms. The first-order valence-corrected chi connectivity index (χ1v) is 8.11. The molecule has 1 aromatic carbocycles. The lowest BCUT2D eigenvalue weighted by molar-refractivity contribution is -0.123. The van der Waals surface area contributed by atoms with Crippen LogP contribution in [0.15, 0.2) is 24.3 Å². The molecule has 0 radical (unpaired) electrons. The summed E-state index contributed by atoms with van der Waals surface area (Å²) in [6.45, 7) is 4.29. The summed E-state index contributed by atoms with van der Waals surface area (Å²) in [6, 6.07) is 8.37. The average Bonchev–Trinajstić information content (AvgIpc) is 2.41. The largest absolute Gasteiger partial charge is 0.358 e. The van der Waals surface area contributed by atoms with Crippen LogP contribution in [0, 0.1) is 5.92 Å². The van der Waals surface area contributed by atoms with E-state index in [1.54, 1.807) is 7.05 Å². The number of carbonyl (C=O) groups excluding carboxylic acids is 1. The molecule has 0 aliphatic heterocycles. The summed E-state index contributed by atoms with van der Waals surface area (Å²) in [5.41, 5.74) is 1.23. The van der Waals surface area contributed by atoms with Crippen LogP contribution < -0.4 is 10.6 Å². The molecule has 1 aliphatic rings. The van der Waals surface area contributed by atoms with Crippen LogP contribution >= 0.6 is 11.6 Å². The van der Waals surface area contributed by atoms with Gasteiger partial charge in [0.15, 0.2) is 0 Å². The molecular weight excluding hydrogens is 284 g/mol. The zero-order valence-corrected chi connectivity index (χ0v) is 13.8. The van der Waals surface area contributed by atoms with Crippen LogP contribution in [0.2, 0.25) is 5.02 Å². The Morgan fingerprint density at radius 1 is 1.33 bits per heavy atom. The molecule has 1 amide bonds. The molecule has 1 aromatic rings. The van der Waals surface area contributed by atoms with E-state index in [1.807, 2.05) is 18.2 Å². The third-order valence-corrected chi connectivity index (χ3v) is 4.53. The molecule has 0 saturated heterocycles. The van der Waals surface area contributed by atoms with Crippen molar-refractivity contribution in [3.8, 4) is 0 Å². The minimum atomic E-state index is -0.0906. The van der Waals surface area contributed by atoms with Crippen molar-refractivity contribution in [3.63, 3.8) is 0 Å². The average molecular weight is 309 g/mol. The van der Waals surface area contributed by atoms with Gasteiger partial charge in [0.25, 0.3) is 0 Å². The first-order valence-electron chi connectivity index (χ1n) is 7.73. The molecule has 1 saturated carbocycles. The zero-order chi connectivity index (χ0) is 15.4. The number of hydrogen-bond acceptors (Lipinski definition) is 2. The van der Waals surface area contributed by atoms with Crippen LogP contribution in [0.3, 0.4) is 0 Å². The second-order valence-electron chi connectivity index (χ2n) is 6.35. The molecule has 3 nitrogen and oxygen atoms in total. The van der Waals surface area contributed by atoms with E-state index in [0.717, 1.165) is 24.3 Å². The number of carbonyl (C=O) groups is 1. The highest BCUT2D eigenvalue weighted by Crippen LogP contribution is 2.40. The maximum Gasteiger partial charge on any atom is 0.236 e. The van der Waals surface area contributed by atoms with Gasteiger partial charge in [-0.25, -0.2) is 0 Å². The van der Waals surface area contributed by atoms with Crippen molar-refractivity contribution in [1.82, 2.24) is 10.6 Å². The van der Waals surface area contributed by atoms with E-state index in [9.17, 15) is 4.79 Å². The Balaban J connectivity index is 1.88. The van der Waals surface area contributed by atoms with E-state index in [0.29, 0.717) is 17.9 Å². The highest BCUT2D eigenvalue weighted by molar-refractivity contribution is 6.31. The molecular formula is C17H25ClN2O. The molecule has 1 fully saturated rings. The van der Waals surface area contributed by atoms with Gasteiger partial charge in [-0.1, -0.05) is 43.6 Å². The summed E-state index contributed by atoms with van der Waals surface area (Å²) < 4.78 is 0. The molecule has 2 rings (SSSR count). The second kappa shape index (κ2) is 7.28. The van der Waals surface area contributed by atoms with Gasteiger partial charge >= 0.3 is 0 Å². The molecule has 0 heterocycles. The van der Waals surface area contributed by atoms with Gasteiger partial charge in [0.2, 0.25) is 5.91 Å². The van der Waals surface area contributed by atoms with Crippen LogP contribution in [-0.4, -0.2) is 25.0 Å². The van der Waals surface area contributed by atoms with Crippen LogP contribution in [0.25, 0.3) is 0 Å². The molecule has 0 spiro atoms. The Morgan fingerprint density at radius 2 is 2.00 bits per heavy atom. The highest BCUT2D eigenvalue weighted by Gasteiger charge is 2.34. The number of halogens is 1. The second-order valence-corrected chi connectivity index (χ2v) is 6.76. The SMILES string of the molecule is CNC(=O)C(CC(C)C)NC1CC(c2ccccc2Cl)C1. The molecule has 1 unspecified atom stereocenters. The fourth-order valence-electron chi connectivity index (χ4n) is 2.99. The molecule has 21 heavy (non-hydrogen) atoms. The summed E-state index contributed by atoms with van der Waals surface area (Å²) in [7, 11) is 1.70. The molecule has 1 atom stereocenters. The van der Waals surface area contributed by atoms with Crippen molar-refractivity contribution >= 4 is 17.5 Å². The van der Waals surface area contributed by atoms with Crippen LogP contribution in [0.5, 0.6) is 0 Å². The number of hydrogen-bond donors (Lipinski definition) is 2. The number of likely N-dealkylation sites (N-methyl/N-ethyl adjacent to an activating group) is 1. The van der Waals surface area contributed by atoms with Gasteiger partial charge in [-0.2, -0.15) is 0 Å². The van der Waals surface area contributed by atoms with Gasteiger partial charge in [0, 0.05) is 18.1 Å². The normalized spacial score (nSPS) is 22.7. The Morgan fingerprint density at radius 3 is 2.57 bits per heavy atom. The maximum atomic E-state index is 11.9. The quantitative estimate of drug-likeness (QED) is 0.846. The van der Waals surface area contributed by atoms with E-state index in [2.05, 4.69) is 30.5 Å². The first-order chi connectivity index (χ1) is 10.0. The maximum absolute atomic E-state index is 11.9. The smallest absolute Gasteiger partial charge is 0.236 e. The Kier molecular flexibility index (Phi) is 5.65. The standard InChI is InChI=1S/C17H25ClN2O/c1-11(2)8-16(17(21)19-3)20-13-9-12(10-13)14-6-4-5-7-15(14)18/h4-7,11-13,16,20H,8-10H2,1-3H3,(H,19,21). The van der Waals surface area contributed by atoms with Crippen LogP contribution in [0.4, 0.5) is 0 Å². The summed E-state index contributed by atoms with van der Waals surface area (Å²) in [5, 5.41) is 7.11.